The second-order valence-corrected chi connectivity index (χ2v) is 30.0. The Kier molecular flexibility index (Phi) is 37.6. The van der Waals surface area contributed by atoms with Crippen LogP contribution in [0.5, 0.6) is 0 Å². The highest BCUT2D eigenvalue weighted by Gasteiger charge is 2.46. The van der Waals surface area contributed by atoms with Crippen LogP contribution in [0.2, 0.25) is 0 Å². The highest BCUT2D eigenvalue weighted by molar-refractivity contribution is 5.99. The Hall–Kier alpha value is -10.1. The molecule has 0 saturated heterocycles. The molecule has 2 aliphatic heterocycles. The lowest BCUT2D eigenvalue weighted by Crippen LogP contribution is -2.58. The van der Waals surface area contributed by atoms with Gasteiger partial charge in [-0.3, -0.25) is 43.2 Å². The molecule has 15 N–H and O–H groups in total. The van der Waals surface area contributed by atoms with Gasteiger partial charge in [-0.1, -0.05) is 70.7 Å². The summed E-state index contributed by atoms with van der Waals surface area (Å²) in [4.78, 5) is 161. The van der Waals surface area contributed by atoms with Crippen LogP contribution in [-0.2, 0) is 113 Å². The standard InChI is InChI=1S/C82H116FN13O22/c1-6-8-15-51-16-10-9-11-17-54(40-51)116-47-67(98)86-31-33-112-35-37-114-39-38-113-36-34-111-32-28-66(97)92-63(26-27-69(100)101)76(104)95-72(49(3)4)77(105)94-62(19-14-30-87-80(85)108)75(103)90-53-22-20-52(21-23-53)44-118-81(109)88-29-13-12-18-60(84)74(102)89-48-115-46-68(99)91-61-25-24-55-50(5)59(83)42-64-70(55)71(61)56-43-96-65(73(56)93-64)41-58-57(78(96)106)45-117-79(107)82(58,110)7-2/h20-23,40-42,49,54,60-63,72,110H,6-19,24-39,43-48,84H2,1-5H3,(H,86,98)(H,88,109)(H,89,102)(H,90,103)(H,91,99)(H,92,97)(H,94,105)(H,95,104)(H,100,101)(H3,85,87,108)/b51-40-/t54?,60-,61-,62-,63-,72-,82-/m0/s1. The molecular weight excluding hydrogens is 1540 g/mol. The molecule has 36 heteroatoms. The molecule has 1 unspecified atom stereocenters. The number of halogens is 1. The molecule has 10 amide bonds. The van der Waals surface area contributed by atoms with Crippen molar-refractivity contribution in [1.29, 1.82) is 0 Å². The summed E-state index contributed by atoms with van der Waals surface area (Å²) < 4.78 is 61.2. The normalized spacial score (nSPS) is 17.4. The fourth-order valence-corrected chi connectivity index (χ4v) is 14.4. The SMILES string of the molecule is CCCC/C1=C/C(OCC(=O)NCCOCCOCCOCCOCCC(=O)N[C@@H](CCC(=O)O)C(=O)N[C@H](C(=O)N[C@@H](CCCNC(N)=O)C(=O)Nc2ccc(COC(=O)NCCCC[C@H](N)C(=O)NCOCC(=O)N[C@H]3CCc4c(C)c(F)cc5nc6c(c3c45)Cn3c-6cc4c(c3=O)COC(=O)[C@]4(O)CC)cc2)C(C)C)CCCCC1. The van der Waals surface area contributed by atoms with Gasteiger partial charge in [0, 0.05) is 60.7 Å². The first kappa shape index (κ1) is 93.4. The number of ether oxygens (including phenoxy) is 8. The van der Waals surface area contributed by atoms with Crippen LogP contribution >= 0.6 is 0 Å². The van der Waals surface area contributed by atoms with Gasteiger partial charge < -0.3 is 112 Å². The van der Waals surface area contributed by atoms with Gasteiger partial charge in [-0.25, -0.2) is 23.8 Å². The lowest BCUT2D eigenvalue weighted by molar-refractivity contribution is -0.172. The zero-order valence-electron chi connectivity index (χ0n) is 68.0. The Bertz CT molecular complexity index is 4240. The molecule has 0 fully saturated rings. The number of nitrogens with one attached hydrogen (secondary N) is 9. The summed E-state index contributed by atoms with van der Waals surface area (Å²) in [6.45, 7) is 9.87. The Balaban J connectivity index is 0.686. The lowest BCUT2D eigenvalue weighted by Gasteiger charge is -2.31. The van der Waals surface area contributed by atoms with E-state index in [1.165, 1.54) is 29.0 Å². The van der Waals surface area contributed by atoms with E-state index < -0.39 is 126 Å². The summed E-state index contributed by atoms with van der Waals surface area (Å²) in [6, 6.07) is 2.90. The van der Waals surface area contributed by atoms with Crippen LogP contribution in [0.1, 0.15) is 188 Å². The van der Waals surface area contributed by atoms with Crippen LogP contribution in [0.25, 0.3) is 22.3 Å². The van der Waals surface area contributed by atoms with Gasteiger partial charge in [0.05, 0.1) is 100 Å². The van der Waals surface area contributed by atoms with Crippen molar-refractivity contribution in [2.24, 2.45) is 17.4 Å². The second kappa shape index (κ2) is 47.5. The number of aliphatic hydroxyl groups is 1. The van der Waals surface area contributed by atoms with Crippen LogP contribution in [0.3, 0.4) is 0 Å². The number of carbonyl (C=O) groups is 11. The predicted octanol–water partition coefficient (Wildman–Crippen LogP) is 4.55. The molecule has 2 aromatic carbocycles. The molecule has 2 aliphatic carbocycles. The number of carboxylic acid groups (broad SMARTS) is 1. The fourth-order valence-electron chi connectivity index (χ4n) is 14.4. The number of rotatable bonds is 50. The van der Waals surface area contributed by atoms with Gasteiger partial charge in [-0.2, -0.15) is 0 Å². The Morgan fingerprint density at radius 3 is 2.12 bits per heavy atom. The molecule has 4 heterocycles. The number of unbranched alkanes of at least 4 members (excludes halogenated alkanes) is 2. The molecule has 2 aromatic heterocycles. The van der Waals surface area contributed by atoms with E-state index in [9.17, 15) is 67.7 Å². The number of allylic oxidation sites excluding steroid dienone is 1. The summed E-state index contributed by atoms with van der Waals surface area (Å²) in [5, 5.41) is 45.6. The Morgan fingerprint density at radius 2 is 1.42 bits per heavy atom. The van der Waals surface area contributed by atoms with Gasteiger partial charge in [0.1, 0.15) is 57.1 Å². The fraction of sp³-hybridized carbons (Fsp3) is 0.598. The number of benzene rings is 2. The number of aliphatic carboxylic acids is 1. The number of cyclic esters (lactones) is 1. The van der Waals surface area contributed by atoms with Gasteiger partial charge in [0.2, 0.25) is 41.4 Å². The molecule has 0 saturated carbocycles. The molecule has 0 spiro atoms. The van der Waals surface area contributed by atoms with Crippen LogP contribution in [0.15, 0.2) is 52.8 Å². The topological polar surface area (TPSA) is 497 Å². The van der Waals surface area contributed by atoms with Crippen LogP contribution in [0, 0.1) is 18.7 Å². The number of hydrogen-bond donors (Lipinski definition) is 13. The van der Waals surface area contributed by atoms with Crippen molar-refractivity contribution >= 4 is 82.0 Å². The monoisotopic (exact) mass is 1650 g/mol. The summed E-state index contributed by atoms with van der Waals surface area (Å²) >= 11 is 0. The molecule has 648 valence electrons. The number of pyridine rings is 2. The Morgan fingerprint density at radius 1 is 0.703 bits per heavy atom. The van der Waals surface area contributed by atoms with Gasteiger partial charge in [0.25, 0.3) is 5.56 Å². The quantitative estimate of drug-likeness (QED) is 0.0110. The number of esters is 1. The maximum Gasteiger partial charge on any atom is 0.407 e. The number of nitrogens with zero attached hydrogens (tertiary/aromatic N) is 2. The maximum atomic E-state index is 15.4. The first-order valence-electron chi connectivity index (χ1n) is 40.8. The first-order valence-corrected chi connectivity index (χ1v) is 40.8. The minimum atomic E-state index is -2.06. The first-order chi connectivity index (χ1) is 56.7. The van der Waals surface area contributed by atoms with Gasteiger partial charge in [-0.05, 0) is 143 Å². The minimum Gasteiger partial charge on any atom is -0.481 e. The molecule has 35 nitrogen and oxygen atoms in total. The molecule has 4 aromatic rings. The number of carboxylic acids is 1. The van der Waals surface area contributed by atoms with Gasteiger partial charge in [-0.15, -0.1) is 0 Å². The molecule has 0 bridgehead atoms. The van der Waals surface area contributed by atoms with Crippen molar-refractivity contribution in [1.82, 2.24) is 52.1 Å². The third-order valence-corrected chi connectivity index (χ3v) is 20.9. The number of aryl methyl sites for hydroxylation is 1. The van der Waals surface area contributed by atoms with E-state index in [2.05, 4.69) is 60.9 Å². The number of hydrogen-bond acceptors (Lipinski definition) is 23. The molecule has 8 rings (SSSR count). The summed E-state index contributed by atoms with van der Waals surface area (Å²) in [6.07, 6.45) is 11.3. The molecule has 7 atom stereocenters. The number of nitrogens with two attached hydrogens (primary N) is 2. The number of carbonyl (C=O) groups excluding carboxylic acids is 10. The molecule has 118 heavy (non-hydrogen) atoms. The van der Waals surface area contributed by atoms with Crippen molar-refractivity contribution in [3.63, 3.8) is 0 Å². The van der Waals surface area contributed by atoms with Crippen LogP contribution in [-0.4, -0.2) is 208 Å². The molecule has 0 radical (unpaired) electrons. The predicted molar refractivity (Wildman–Crippen MR) is 428 cm³/mol. The number of fused-ring (bicyclic) bond motifs is 5. The smallest absolute Gasteiger partial charge is 0.407 e. The van der Waals surface area contributed by atoms with Crippen molar-refractivity contribution in [3.05, 3.63) is 103 Å². The zero-order valence-corrected chi connectivity index (χ0v) is 68.0. The van der Waals surface area contributed by atoms with E-state index in [0.29, 0.717) is 102 Å². The van der Waals surface area contributed by atoms with Crippen LogP contribution < -0.4 is 64.9 Å². The van der Waals surface area contributed by atoms with Crippen molar-refractivity contribution < 1.29 is 105 Å². The van der Waals surface area contributed by atoms with Crippen molar-refractivity contribution in [2.45, 2.75) is 218 Å². The number of aromatic nitrogens is 2. The van der Waals surface area contributed by atoms with Gasteiger partial charge >= 0.3 is 24.1 Å². The third kappa shape index (κ3) is 28.0. The lowest BCUT2D eigenvalue weighted by atomic mass is 9.81. The van der Waals surface area contributed by atoms with E-state index in [-0.39, 0.29) is 141 Å². The minimum absolute atomic E-state index is 0.00106. The average Bonchev–Trinajstić information content (AvgIpc) is 1.52. The van der Waals surface area contributed by atoms with E-state index in [0.717, 1.165) is 44.1 Å². The highest BCUT2D eigenvalue weighted by atomic mass is 19.1. The zero-order chi connectivity index (χ0) is 85.3. The second-order valence-electron chi connectivity index (χ2n) is 30.0. The van der Waals surface area contributed by atoms with E-state index in [1.54, 1.807) is 58.0 Å². The Labute approximate surface area is 684 Å². The van der Waals surface area contributed by atoms with Crippen molar-refractivity contribution in [3.8, 4) is 11.4 Å². The van der Waals surface area contributed by atoms with E-state index in [4.69, 9.17) is 54.3 Å². The number of primary amides is 1. The summed E-state index contributed by atoms with van der Waals surface area (Å²) in [5.41, 5.74) is 14.9. The van der Waals surface area contributed by atoms with Crippen molar-refractivity contribution in [2.75, 3.05) is 97.8 Å². The summed E-state index contributed by atoms with van der Waals surface area (Å²) in [5.74, 6) is -7.32. The third-order valence-electron chi connectivity index (χ3n) is 20.9. The van der Waals surface area contributed by atoms with Crippen LogP contribution in [0.4, 0.5) is 19.7 Å². The molecule has 4 aliphatic rings. The van der Waals surface area contributed by atoms with E-state index >= 15 is 4.39 Å². The number of urea groups is 1. The van der Waals surface area contributed by atoms with E-state index in [1.807, 2.05) is 0 Å². The number of amides is 10. The average molecular weight is 1650 g/mol. The van der Waals surface area contributed by atoms with Gasteiger partial charge in [0.15, 0.2) is 5.60 Å². The highest BCUT2D eigenvalue weighted by Crippen LogP contribution is 2.46. The number of alkyl carbamates (subject to hydrolysis) is 1. The largest absolute Gasteiger partial charge is 0.481 e. The summed E-state index contributed by atoms with van der Waals surface area (Å²) in [7, 11) is 0. The molecular formula is C82H116FN13O22. The maximum absolute atomic E-state index is 15.4. The number of anilines is 1.